The number of hydrogen-bond acceptors (Lipinski definition) is 5. The van der Waals surface area contributed by atoms with E-state index in [-0.39, 0.29) is 17.1 Å². The second kappa shape index (κ2) is 7.87. The second-order valence-corrected chi connectivity index (χ2v) is 9.51. The SMILES string of the molecule is CCn1c(SCC(=O)c2cc(C)n(C(C)C)c2C)nc2sc(C)c(C)c2c1=O. The van der Waals surface area contributed by atoms with Crippen LogP contribution in [0.5, 0.6) is 0 Å². The molecule has 0 aromatic carbocycles. The Bertz CT molecular complexity index is 1120. The Morgan fingerprint density at radius 2 is 1.93 bits per heavy atom. The molecule has 0 fully saturated rings. The molecule has 5 nitrogen and oxygen atoms in total. The van der Waals surface area contributed by atoms with Crippen LogP contribution in [0, 0.1) is 27.7 Å². The first-order chi connectivity index (χ1) is 13.2. The van der Waals surface area contributed by atoms with Crippen molar-refractivity contribution in [1.29, 1.82) is 0 Å². The van der Waals surface area contributed by atoms with Gasteiger partial charge < -0.3 is 4.57 Å². The van der Waals surface area contributed by atoms with Gasteiger partial charge in [0.2, 0.25) is 0 Å². The van der Waals surface area contributed by atoms with Crippen LogP contribution in [0.4, 0.5) is 0 Å². The Balaban J connectivity index is 1.93. The molecule has 0 radical (unpaired) electrons. The van der Waals surface area contributed by atoms with Crippen molar-refractivity contribution in [2.75, 3.05) is 5.75 Å². The molecule has 3 rings (SSSR count). The lowest BCUT2D eigenvalue weighted by Crippen LogP contribution is -2.22. The minimum Gasteiger partial charge on any atom is -0.346 e. The molecule has 0 aliphatic heterocycles. The van der Waals surface area contributed by atoms with Crippen molar-refractivity contribution in [2.45, 2.75) is 66.2 Å². The normalized spacial score (nSPS) is 11.7. The maximum absolute atomic E-state index is 12.9. The number of aromatic nitrogens is 3. The summed E-state index contributed by atoms with van der Waals surface area (Å²) >= 11 is 2.89. The van der Waals surface area contributed by atoms with Gasteiger partial charge in [0.25, 0.3) is 5.56 Å². The molecule has 0 saturated heterocycles. The van der Waals surface area contributed by atoms with Crippen molar-refractivity contribution in [3.05, 3.63) is 43.8 Å². The van der Waals surface area contributed by atoms with E-state index in [1.165, 1.54) is 11.8 Å². The monoisotopic (exact) mass is 417 g/mol. The average molecular weight is 418 g/mol. The molecule has 28 heavy (non-hydrogen) atoms. The number of thiophene rings is 1. The van der Waals surface area contributed by atoms with E-state index in [0.29, 0.717) is 23.1 Å². The quantitative estimate of drug-likeness (QED) is 0.319. The molecular formula is C21H27N3O2S2. The fourth-order valence-corrected chi connectivity index (χ4v) is 5.78. The van der Waals surface area contributed by atoms with Crippen molar-refractivity contribution >= 4 is 39.1 Å². The second-order valence-electron chi connectivity index (χ2n) is 7.37. The number of ketones is 1. The number of aryl methyl sites for hydroxylation is 3. The Morgan fingerprint density at radius 1 is 1.25 bits per heavy atom. The third-order valence-corrected chi connectivity index (χ3v) is 7.28. The maximum Gasteiger partial charge on any atom is 0.263 e. The van der Waals surface area contributed by atoms with E-state index in [1.54, 1.807) is 15.9 Å². The number of rotatable bonds is 6. The van der Waals surface area contributed by atoms with E-state index in [0.717, 1.165) is 32.2 Å². The standard InChI is InChI=1S/C21H27N3O2S2/c1-8-23-20(26)18-13(5)15(7)28-19(18)22-21(23)27-10-17(25)16-9-12(4)24(11(2)3)14(16)6/h9,11H,8,10H2,1-7H3. The molecule has 0 aliphatic rings. The summed E-state index contributed by atoms with van der Waals surface area (Å²) in [6.45, 7) is 14.7. The highest BCUT2D eigenvalue weighted by atomic mass is 32.2. The summed E-state index contributed by atoms with van der Waals surface area (Å²) in [7, 11) is 0. The van der Waals surface area contributed by atoms with E-state index in [9.17, 15) is 9.59 Å². The van der Waals surface area contributed by atoms with E-state index >= 15 is 0 Å². The highest BCUT2D eigenvalue weighted by Crippen LogP contribution is 2.29. The largest absolute Gasteiger partial charge is 0.346 e. The molecule has 3 heterocycles. The van der Waals surface area contributed by atoms with E-state index in [1.807, 2.05) is 40.7 Å². The molecule has 7 heteroatoms. The molecule has 0 amide bonds. The zero-order chi connectivity index (χ0) is 20.7. The van der Waals surface area contributed by atoms with Crippen LogP contribution in [0.2, 0.25) is 0 Å². The van der Waals surface area contributed by atoms with Gasteiger partial charge in [-0.1, -0.05) is 11.8 Å². The lowest BCUT2D eigenvalue weighted by Gasteiger charge is -2.13. The molecule has 0 unspecified atom stereocenters. The zero-order valence-corrected chi connectivity index (χ0v) is 19.2. The fourth-order valence-electron chi connectivity index (χ4n) is 3.76. The molecule has 0 N–H and O–H groups in total. The van der Waals surface area contributed by atoms with Gasteiger partial charge in [-0.05, 0) is 60.1 Å². The predicted octanol–water partition coefficient (Wildman–Crippen LogP) is 5.07. The summed E-state index contributed by atoms with van der Waals surface area (Å²) in [4.78, 5) is 32.4. The van der Waals surface area contributed by atoms with Crippen LogP contribution in [0.3, 0.4) is 0 Å². The Morgan fingerprint density at radius 3 is 2.50 bits per heavy atom. The summed E-state index contributed by atoms with van der Waals surface area (Å²) in [5.74, 6) is 0.337. The number of nitrogens with zero attached hydrogens (tertiary/aromatic N) is 3. The summed E-state index contributed by atoms with van der Waals surface area (Å²) in [5.41, 5.74) is 3.85. The average Bonchev–Trinajstić information content (AvgIpc) is 3.08. The van der Waals surface area contributed by atoms with Gasteiger partial charge in [-0.25, -0.2) is 4.98 Å². The minimum atomic E-state index is -0.0118. The number of thioether (sulfide) groups is 1. The number of carbonyl (C=O) groups is 1. The lowest BCUT2D eigenvalue weighted by molar-refractivity contribution is 0.102. The van der Waals surface area contributed by atoms with Crippen molar-refractivity contribution < 1.29 is 4.79 Å². The van der Waals surface area contributed by atoms with E-state index < -0.39 is 0 Å². The van der Waals surface area contributed by atoms with Gasteiger partial charge >= 0.3 is 0 Å². The summed E-state index contributed by atoms with van der Waals surface area (Å²) in [6, 6.07) is 2.28. The third kappa shape index (κ3) is 3.46. The van der Waals surface area contributed by atoms with Crippen molar-refractivity contribution in [2.24, 2.45) is 0 Å². The molecule has 3 aromatic heterocycles. The highest BCUT2D eigenvalue weighted by Gasteiger charge is 2.20. The molecule has 0 aliphatic carbocycles. The molecule has 0 saturated carbocycles. The van der Waals surface area contributed by atoms with Crippen molar-refractivity contribution in [3.63, 3.8) is 0 Å². The summed E-state index contributed by atoms with van der Waals surface area (Å²) in [6.07, 6.45) is 0. The maximum atomic E-state index is 12.9. The van der Waals surface area contributed by atoms with Gasteiger partial charge in [0, 0.05) is 34.4 Å². The lowest BCUT2D eigenvalue weighted by atomic mass is 10.2. The number of carbonyl (C=O) groups excluding carboxylic acids is 1. The molecular weight excluding hydrogens is 390 g/mol. The smallest absolute Gasteiger partial charge is 0.263 e. The summed E-state index contributed by atoms with van der Waals surface area (Å²) in [5, 5.41) is 1.33. The first-order valence-corrected chi connectivity index (χ1v) is 11.3. The van der Waals surface area contributed by atoms with Gasteiger partial charge in [0.1, 0.15) is 4.83 Å². The van der Waals surface area contributed by atoms with Crippen LogP contribution in [0.25, 0.3) is 10.2 Å². The number of hydrogen-bond donors (Lipinski definition) is 0. The highest BCUT2D eigenvalue weighted by molar-refractivity contribution is 7.99. The fraction of sp³-hybridized carbons (Fsp3) is 0.476. The zero-order valence-electron chi connectivity index (χ0n) is 17.5. The van der Waals surface area contributed by atoms with Crippen molar-refractivity contribution in [3.8, 4) is 0 Å². The van der Waals surface area contributed by atoms with Crippen LogP contribution in [0.1, 0.15) is 59.0 Å². The Hall–Kier alpha value is -1.86. The number of fused-ring (bicyclic) bond motifs is 1. The van der Waals surface area contributed by atoms with Crippen LogP contribution < -0.4 is 5.56 Å². The van der Waals surface area contributed by atoms with E-state index in [4.69, 9.17) is 4.98 Å². The van der Waals surface area contributed by atoms with Gasteiger partial charge in [-0.2, -0.15) is 0 Å². The number of Topliss-reactive ketones (excluding diaryl/α,β-unsaturated/α-hetero) is 1. The van der Waals surface area contributed by atoms with Crippen LogP contribution in [-0.2, 0) is 6.54 Å². The Kier molecular flexibility index (Phi) is 5.87. The molecule has 0 bridgehead atoms. The van der Waals surface area contributed by atoms with Gasteiger partial charge in [0.05, 0.1) is 11.1 Å². The molecule has 0 spiro atoms. The minimum absolute atomic E-state index is 0.0118. The van der Waals surface area contributed by atoms with Gasteiger partial charge in [0.15, 0.2) is 10.9 Å². The van der Waals surface area contributed by atoms with Crippen LogP contribution in [0.15, 0.2) is 16.0 Å². The van der Waals surface area contributed by atoms with Gasteiger partial charge in [-0.3, -0.25) is 14.2 Å². The van der Waals surface area contributed by atoms with E-state index in [2.05, 4.69) is 18.4 Å². The third-order valence-electron chi connectivity index (χ3n) is 5.20. The first kappa shape index (κ1) is 20.9. The van der Waals surface area contributed by atoms with Crippen LogP contribution in [-0.4, -0.2) is 25.7 Å². The molecule has 0 atom stereocenters. The summed E-state index contributed by atoms with van der Waals surface area (Å²) < 4.78 is 3.86. The topological polar surface area (TPSA) is 56.9 Å². The van der Waals surface area contributed by atoms with Gasteiger partial charge in [-0.15, -0.1) is 11.3 Å². The Labute approximate surface area is 173 Å². The first-order valence-electron chi connectivity index (χ1n) is 9.52. The van der Waals surface area contributed by atoms with Crippen LogP contribution >= 0.6 is 23.1 Å². The predicted molar refractivity (Wildman–Crippen MR) is 118 cm³/mol. The molecule has 3 aromatic rings. The molecule has 150 valence electrons. The van der Waals surface area contributed by atoms with Crippen molar-refractivity contribution in [1.82, 2.24) is 14.1 Å².